The summed E-state index contributed by atoms with van der Waals surface area (Å²) in [5, 5.41) is 22.4. The number of nitrogens with zero attached hydrogens (tertiary/aromatic N) is 6. The minimum atomic E-state index is -0.523. The lowest BCUT2D eigenvalue weighted by atomic mass is 10.2. The van der Waals surface area contributed by atoms with Crippen molar-refractivity contribution >= 4 is 51.0 Å². The second-order valence-electron chi connectivity index (χ2n) is 8.85. The number of fused-ring (bicyclic) bond motifs is 2. The summed E-state index contributed by atoms with van der Waals surface area (Å²) in [6, 6.07) is 6.06. The molecule has 196 valence electrons. The van der Waals surface area contributed by atoms with Crippen LogP contribution in [-0.4, -0.2) is 67.9 Å². The molecule has 12 nitrogen and oxygen atoms in total. The van der Waals surface area contributed by atoms with Crippen LogP contribution in [0.15, 0.2) is 48.5 Å². The highest BCUT2D eigenvalue weighted by molar-refractivity contribution is 7.09. The first-order valence-corrected chi connectivity index (χ1v) is 13.3. The summed E-state index contributed by atoms with van der Waals surface area (Å²) < 4.78 is 14.5. The van der Waals surface area contributed by atoms with Crippen molar-refractivity contribution < 1.29 is 14.3 Å². The van der Waals surface area contributed by atoms with Crippen molar-refractivity contribution in [3.8, 4) is 0 Å². The molecule has 1 fully saturated rings. The molecule has 1 aliphatic rings. The van der Waals surface area contributed by atoms with Crippen LogP contribution >= 0.6 is 11.3 Å². The van der Waals surface area contributed by atoms with Gasteiger partial charge in [0.2, 0.25) is 0 Å². The van der Waals surface area contributed by atoms with Gasteiger partial charge in [0.05, 0.1) is 49.4 Å². The van der Waals surface area contributed by atoms with Crippen LogP contribution in [0, 0.1) is 0 Å². The van der Waals surface area contributed by atoms with Gasteiger partial charge in [-0.15, -0.1) is 11.3 Å². The summed E-state index contributed by atoms with van der Waals surface area (Å²) in [5.41, 5.74) is 4.21. The summed E-state index contributed by atoms with van der Waals surface area (Å²) in [6.07, 6.45) is 7.05. The minimum Gasteiger partial charge on any atom is -0.448 e. The van der Waals surface area contributed by atoms with Crippen LogP contribution in [0.25, 0.3) is 16.4 Å². The number of morpholine rings is 1. The first kappa shape index (κ1) is 24.3. The van der Waals surface area contributed by atoms with Gasteiger partial charge < -0.3 is 20.1 Å². The van der Waals surface area contributed by atoms with Gasteiger partial charge in [0, 0.05) is 34.8 Å². The fourth-order valence-corrected chi connectivity index (χ4v) is 5.16. The van der Waals surface area contributed by atoms with E-state index in [1.165, 1.54) is 6.33 Å². The molecule has 1 saturated heterocycles. The number of carbonyl (C=O) groups excluding carboxylic acids is 1. The first-order valence-electron chi connectivity index (χ1n) is 12.4. The topological polar surface area (TPSA) is 133 Å². The average molecular weight is 534 g/mol. The summed E-state index contributed by atoms with van der Waals surface area (Å²) in [5.74, 6) is 0.636. The van der Waals surface area contributed by atoms with Crippen molar-refractivity contribution in [2.24, 2.45) is 0 Å². The highest BCUT2D eigenvalue weighted by atomic mass is 32.1. The molecule has 0 saturated carbocycles. The molecule has 38 heavy (non-hydrogen) atoms. The van der Waals surface area contributed by atoms with Crippen molar-refractivity contribution in [1.82, 2.24) is 34.7 Å². The van der Waals surface area contributed by atoms with E-state index in [9.17, 15) is 4.79 Å². The largest absolute Gasteiger partial charge is 0.448 e. The molecule has 0 spiro atoms. The van der Waals surface area contributed by atoms with E-state index in [-0.39, 0.29) is 12.6 Å². The summed E-state index contributed by atoms with van der Waals surface area (Å²) in [4.78, 5) is 21.4. The van der Waals surface area contributed by atoms with Gasteiger partial charge >= 0.3 is 6.09 Å². The molecule has 1 aliphatic heterocycles. The molecule has 5 heterocycles. The Labute approximate surface area is 222 Å². The molecule has 0 bridgehead atoms. The number of aromatic nitrogens is 6. The molecular weight excluding hydrogens is 506 g/mol. The molecule has 5 aromatic rings. The number of hydrogen-bond acceptors (Lipinski definition) is 10. The average Bonchev–Trinajstić information content (AvgIpc) is 3.68. The van der Waals surface area contributed by atoms with Gasteiger partial charge in [0.25, 0.3) is 0 Å². The Morgan fingerprint density at radius 2 is 2.26 bits per heavy atom. The van der Waals surface area contributed by atoms with Gasteiger partial charge in [-0.1, -0.05) is 6.92 Å². The molecule has 0 radical (unpaired) electrons. The Balaban J connectivity index is 1.21. The maximum Gasteiger partial charge on any atom is 0.411 e. The highest BCUT2D eigenvalue weighted by Crippen LogP contribution is 2.30. The number of benzene rings is 1. The van der Waals surface area contributed by atoms with Crippen molar-refractivity contribution in [1.29, 1.82) is 0 Å². The number of aryl methyl sites for hydroxylation is 1. The maximum absolute atomic E-state index is 12.5. The third-order valence-corrected chi connectivity index (χ3v) is 7.12. The van der Waals surface area contributed by atoms with E-state index in [1.54, 1.807) is 28.2 Å². The summed E-state index contributed by atoms with van der Waals surface area (Å²) in [6.45, 7) is 4.82. The Bertz CT molecular complexity index is 1560. The van der Waals surface area contributed by atoms with Gasteiger partial charge in [0.1, 0.15) is 23.5 Å². The van der Waals surface area contributed by atoms with Gasteiger partial charge in [-0.05, 0) is 24.6 Å². The zero-order chi connectivity index (χ0) is 25.9. The van der Waals surface area contributed by atoms with Crippen LogP contribution in [0.2, 0.25) is 0 Å². The van der Waals surface area contributed by atoms with E-state index >= 15 is 0 Å². The van der Waals surface area contributed by atoms with Crippen molar-refractivity contribution in [3.05, 3.63) is 59.1 Å². The number of hydrogen-bond donors (Lipinski definition) is 3. The summed E-state index contributed by atoms with van der Waals surface area (Å²) >= 11 is 1.61. The molecule has 1 atom stereocenters. The lowest BCUT2D eigenvalue weighted by Crippen LogP contribution is -2.44. The zero-order valence-electron chi connectivity index (χ0n) is 20.8. The SMILES string of the molecule is CCc1c(NC(=O)OC[C@@H]2COCCN2)cn2ncnc(Nc3ccc4c(cnn4Cc4nccs4)c3)c12. The van der Waals surface area contributed by atoms with Crippen LogP contribution in [-0.2, 0) is 22.4 Å². The molecule has 1 amide bonds. The van der Waals surface area contributed by atoms with Crippen LogP contribution in [0.5, 0.6) is 0 Å². The van der Waals surface area contributed by atoms with E-state index in [1.807, 2.05) is 41.4 Å². The smallest absolute Gasteiger partial charge is 0.411 e. The van der Waals surface area contributed by atoms with Crippen LogP contribution in [0.4, 0.5) is 22.0 Å². The van der Waals surface area contributed by atoms with Gasteiger partial charge in [0.15, 0.2) is 5.82 Å². The van der Waals surface area contributed by atoms with Crippen LogP contribution < -0.4 is 16.0 Å². The maximum atomic E-state index is 12.5. The standard InChI is InChI=1S/C25H27N9O3S/c1-2-19-20(32-25(35)37-14-18-13-36-7-5-26-18)11-34-23(19)24(28-15-30-34)31-17-3-4-21-16(9-17)10-29-33(21)12-22-27-6-8-38-22/h3-4,6,8-11,15,18,26H,2,5,7,12-14H2,1H3,(H,32,35)(H,28,30,31)/t18-/m0/s1. The number of rotatable bonds is 8. The van der Waals surface area contributed by atoms with Gasteiger partial charge in [-0.25, -0.2) is 19.3 Å². The fourth-order valence-electron chi connectivity index (χ4n) is 4.57. The molecule has 3 N–H and O–H groups in total. The minimum absolute atomic E-state index is 0.00766. The highest BCUT2D eigenvalue weighted by Gasteiger charge is 2.19. The third kappa shape index (κ3) is 5.03. The Morgan fingerprint density at radius 3 is 3.08 bits per heavy atom. The normalized spacial score (nSPS) is 15.7. The van der Waals surface area contributed by atoms with Gasteiger partial charge in [-0.2, -0.15) is 10.2 Å². The summed E-state index contributed by atoms with van der Waals surface area (Å²) in [7, 11) is 0. The number of amides is 1. The number of carbonyl (C=O) groups is 1. The second kappa shape index (κ2) is 10.7. The van der Waals surface area contributed by atoms with Crippen molar-refractivity contribution in [2.45, 2.75) is 25.9 Å². The quantitative estimate of drug-likeness (QED) is 0.274. The monoisotopic (exact) mass is 533 g/mol. The predicted octanol–water partition coefficient (Wildman–Crippen LogP) is 3.43. The van der Waals surface area contributed by atoms with Crippen molar-refractivity contribution in [3.63, 3.8) is 0 Å². The zero-order valence-corrected chi connectivity index (χ0v) is 21.6. The number of thiazole rings is 1. The van der Waals surface area contributed by atoms with E-state index in [2.05, 4.69) is 36.1 Å². The number of ether oxygens (including phenoxy) is 2. The molecule has 6 rings (SSSR count). The van der Waals surface area contributed by atoms with Crippen molar-refractivity contribution in [2.75, 3.05) is 37.0 Å². The molecular formula is C25H27N9O3S. The first-order chi connectivity index (χ1) is 18.7. The lowest BCUT2D eigenvalue weighted by molar-refractivity contribution is 0.0494. The van der Waals surface area contributed by atoms with Gasteiger partial charge in [-0.3, -0.25) is 10.00 Å². The third-order valence-electron chi connectivity index (χ3n) is 6.36. The Hall–Kier alpha value is -4.07. The second-order valence-corrected chi connectivity index (χ2v) is 9.83. The van der Waals surface area contributed by atoms with Crippen LogP contribution in [0.3, 0.4) is 0 Å². The predicted molar refractivity (Wildman–Crippen MR) is 144 cm³/mol. The molecule has 1 aromatic carbocycles. The number of nitrogens with one attached hydrogen (secondary N) is 3. The molecule has 0 unspecified atom stereocenters. The number of anilines is 3. The molecule has 4 aromatic heterocycles. The fraction of sp³-hybridized carbons (Fsp3) is 0.320. The molecule has 13 heteroatoms. The van der Waals surface area contributed by atoms with E-state index < -0.39 is 6.09 Å². The van der Waals surface area contributed by atoms with E-state index in [0.717, 1.165) is 39.2 Å². The van der Waals surface area contributed by atoms with E-state index in [0.29, 0.717) is 37.7 Å². The Morgan fingerprint density at radius 1 is 1.32 bits per heavy atom. The lowest BCUT2D eigenvalue weighted by Gasteiger charge is -2.23. The van der Waals surface area contributed by atoms with Crippen LogP contribution in [0.1, 0.15) is 17.5 Å². The Kier molecular flexibility index (Phi) is 6.86. The van der Waals surface area contributed by atoms with E-state index in [4.69, 9.17) is 9.47 Å². The molecule has 0 aliphatic carbocycles.